The summed E-state index contributed by atoms with van der Waals surface area (Å²) in [5.41, 5.74) is 0. The molecule has 65 heteroatoms. The number of hydrogen-bond donors (Lipinski definition) is 0. The van der Waals surface area contributed by atoms with Gasteiger partial charge in [-0.3, -0.25) is 29.3 Å². The molecule has 103 heavy (non-hydrogen) atoms. The van der Waals surface area contributed by atoms with E-state index in [1.807, 2.05) is 0 Å². The van der Waals surface area contributed by atoms with E-state index in [9.17, 15) is 111 Å². The second kappa shape index (κ2) is 51.1. The molecule has 0 aliphatic carbocycles. The molecule has 5 aliphatic rings. The summed E-state index contributed by atoms with van der Waals surface area (Å²) >= 11 is 0. The van der Waals surface area contributed by atoms with Crippen molar-refractivity contribution < 1.29 is 486 Å². The number of carbonyl (C=O) groups is 2. The molecule has 5 rings (SSSR count). The van der Waals surface area contributed by atoms with Gasteiger partial charge in [-0.1, -0.05) is 0 Å². The second-order valence-electron chi connectivity index (χ2n) is 19.1. The first-order chi connectivity index (χ1) is 43.2. The average Bonchev–Trinajstić information content (AvgIpc) is 0.762. The summed E-state index contributed by atoms with van der Waals surface area (Å²) in [4.78, 5) is 26.2. The Balaban J connectivity index is -0.00000356. The van der Waals surface area contributed by atoms with E-state index in [4.69, 9.17) is 80.5 Å². The van der Waals surface area contributed by atoms with Crippen molar-refractivity contribution in [3.8, 4) is 0 Å². The van der Waals surface area contributed by atoms with Crippen molar-refractivity contribution in [3.63, 3.8) is 0 Å². The molecule has 1 unspecified atom stereocenters. The van der Waals surface area contributed by atoms with Gasteiger partial charge in [0.15, 0.2) is 43.7 Å². The van der Waals surface area contributed by atoms with Gasteiger partial charge in [-0.05, 0) is 0 Å². The fourth-order valence-electron chi connectivity index (χ4n) is 10.2. The molecule has 5 aliphatic heterocycles. The van der Waals surface area contributed by atoms with E-state index in [1.165, 1.54) is 0 Å². The molecule has 0 N–H and O–H groups in total. The third-order valence-corrected chi connectivity index (χ3v) is 16.7. The van der Waals surface area contributed by atoms with E-state index in [-0.39, 0.29) is 266 Å². The van der Waals surface area contributed by atoms with Crippen LogP contribution in [-0.4, -0.2) is 333 Å². The van der Waals surface area contributed by atoms with Crippen LogP contribution in [0.4, 0.5) is 0 Å². The van der Waals surface area contributed by atoms with Crippen molar-refractivity contribution in [2.45, 2.75) is 154 Å². The number of hydrogen-bond acceptors (Lipinski definition) is 49. The number of carbonyl (C=O) groups excluding carboxylic acids is 2. The largest absolute Gasteiger partial charge is 1.00 e. The summed E-state index contributed by atoms with van der Waals surface area (Å²) in [5.74, 6) is -4.89. The Kier molecular flexibility index (Phi) is 58.5. The zero-order valence-corrected chi connectivity index (χ0v) is 81.1. The number of rotatable bonds is 35. The first-order valence-electron chi connectivity index (χ1n) is 25.2. The third kappa shape index (κ3) is 36.1. The number of carboxylic acids is 2. The van der Waals surface area contributed by atoms with Crippen LogP contribution in [0.2, 0.25) is 0 Å². The maximum Gasteiger partial charge on any atom is 1.00 e. The van der Waals surface area contributed by atoms with Gasteiger partial charge < -0.3 is 132 Å². The fraction of sp³-hybridized carbons (Fsp3) is 0.947. The molecule has 0 radical (unpaired) electrons. The van der Waals surface area contributed by atoms with Crippen LogP contribution in [0.15, 0.2) is 0 Å². The number of carboxylic acid groups (broad SMARTS) is 2. The Morgan fingerprint density at radius 2 is 0.476 bits per heavy atom. The van der Waals surface area contributed by atoms with E-state index >= 15 is 0 Å². The molecule has 0 aromatic carbocycles. The zero-order chi connectivity index (χ0) is 71.2. The van der Waals surface area contributed by atoms with Gasteiger partial charge in [-0.15, -0.1) is 0 Å². The van der Waals surface area contributed by atoms with Gasteiger partial charge in [0.1, 0.15) is 110 Å². The normalized spacial score (nSPS) is 34.3. The van der Waals surface area contributed by atoms with Crippen LogP contribution in [0, 0.1) is 0 Å². The van der Waals surface area contributed by atoms with E-state index in [2.05, 4.69) is 29.3 Å². The van der Waals surface area contributed by atoms with Crippen LogP contribution in [0.3, 0.4) is 0 Å². The van der Waals surface area contributed by atoms with Crippen molar-refractivity contribution in [2.24, 2.45) is 0 Å². The van der Waals surface area contributed by atoms with Crippen molar-refractivity contribution in [2.75, 3.05) is 76.7 Å². The molecule has 0 bridgehead atoms. The fourth-order valence-corrected chi connectivity index (χ4v) is 13.0. The summed E-state index contributed by atoms with van der Waals surface area (Å²) in [7, 11) is -36.0. The SMILES string of the molecule is CO[C@H]1O[C@H](COS(=O)(=O)[O-])[C@@H](O[C@H]2OC(C(=O)[O-])[C@H](O[C@H]3O[C@H](COS(=O)(=O)[O-])[C@H](O[C@H]4O[C@@H](C(=O)[O-])[C@H](O[C@@H]5O[C@@H](COS(=O)(=O)[O-])[C@H](OC)[C@H](OC)[C@@H]5OC)[C@H](OC)[C@H]4OC)[C@H](OS(=O)(=O)[O-])[C@@H]3OS(=O)(=O)[O-])[C@@H](OC)[C@@H]2OC)[C@@H](OS(=O)(=O)[O-])[C@@H]1OS(=O)(=O)[O-].[Na+].[Na+].[Na+].[Na+].[Na+].[Na+].[Na+].[Na+].[Na+]. The molecule has 49 nitrogen and oxygen atoms in total. The van der Waals surface area contributed by atoms with Crippen molar-refractivity contribution in [1.82, 2.24) is 0 Å². The Labute approximate surface area is 788 Å². The predicted octanol–water partition coefficient (Wildman–Crippen LogP) is -39.7. The third-order valence-electron chi connectivity index (χ3n) is 13.6. The zero-order valence-electron chi connectivity index (χ0n) is 57.4. The molecule has 0 amide bonds. The van der Waals surface area contributed by atoms with Crippen LogP contribution in [0.1, 0.15) is 0 Å². The van der Waals surface area contributed by atoms with Gasteiger partial charge in [0.05, 0.1) is 31.8 Å². The van der Waals surface area contributed by atoms with Gasteiger partial charge in [0.2, 0.25) is 72.8 Å². The summed E-state index contributed by atoms with van der Waals surface area (Å²) < 4.78 is 377. The Bertz CT molecular complexity index is 3380. The summed E-state index contributed by atoms with van der Waals surface area (Å²) in [5, 5.41) is 26.2. The van der Waals surface area contributed by atoms with Crippen molar-refractivity contribution in [3.05, 3.63) is 0 Å². The first kappa shape index (κ1) is 118. The summed E-state index contributed by atoms with van der Waals surface area (Å²) in [6.45, 7) is -4.69. The van der Waals surface area contributed by atoms with Crippen LogP contribution < -0.4 is 276 Å². The predicted molar refractivity (Wildman–Crippen MR) is 261 cm³/mol. The van der Waals surface area contributed by atoms with Crippen LogP contribution in [0.5, 0.6) is 0 Å². The number of aliphatic carboxylic acids is 2. The van der Waals surface area contributed by atoms with Crippen LogP contribution in [-0.2, 0) is 192 Å². The summed E-state index contributed by atoms with van der Waals surface area (Å²) in [6, 6.07) is 0. The van der Waals surface area contributed by atoms with E-state index in [0.29, 0.717) is 21.3 Å². The Hall–Kier alpha value is 6.35. The molecule has 0 aromatic rings. The number of ether oxygens (including phenoxy) is 17. The first-order valence-corrected chi connectivity index (χ1v) is 34.5. The van der Waals surface area contributed by atoms with E-state index in [0.717, 1.165) is 35.5 Å². The van der Waals surface area contributed by atoms with Gasteiger partial charge in [-0.25, -0.2) is 58.9 Å². The molecule has 552 valence electrons. The topological polar surface area (TPSA) is 702 Å². The maximum absolute atomic E-state index is 13.2. The van der Waals surface area contributed by atoms with Gasteiger partial charge in [-0.2, -0.15) is 0 Å². The second-order valence-corrected chi connectivity index (χ2v) is 26.3. The monoisotopic (exact) mass is 1730 g/mol. The molecule has 5 saturated heterocycles. The van der Waals surface area contributed by atoms with Gasteiger partial charge in [0, 0.05) is 56.9 Å². The minimum absolute atomic E-state index is 0. The minimum Gasteiger partial charge on any atom is -0.726 e. The Morgan fingerprint density at radius 1 is 0.262 bits per heavy atom. The molecule has 0 saturated carbocycles. The number of methoxy groups -OCH3 is 8. The molecular weight excluding hydrogens is 1670 g/mol. The molecule has 25 atom stereocenters. The standard InChI is InChI=1S/C38H64O49S7.9Na/c1-64-15-12(9-72-88(43,44)45)76-35(27(68-5)18(15)65-2)80-21-19(66-3)28(69-6)37(82-25(21)32(39)40)79-17-14(11-74-90(49,50)51)77-38(31(87-94(61,62)63)24(17)85-92(55,56)57)81-22-20(67-4)29(70-7)36(83-26(22)33(41)42)78-16-13(10-73-89(46,47)48)75-34(71-8)30(86-93(58,59)60)23(16)84-91(52,53)54;;;;;;;;;/h12-31,34-38H,9-11H2,1-8H3,(H,39,40)(H,41,42)(H,43,44,45)(H,46,47,48)(H,49,50,51)(H,52,53,54)(H,55,56,57)(H,58,59,60)(H,61,62,63);;;;;;;;;/q;9*+1/p-9/t12-,13+,14+,15-,16+,17-,18-,19-,20+,21+,22+,23+,24-,25+,26?,27-,28+,29-,30-,31-,34-,35-,36-,37-,38+;;;;;;;;;/m0........./s1. The maximum atomic E-state index is 13.2. The van der Waals surface area contributed by atoms with Crippen molar-refractivity contribution in [1.29, 1.82) is 0 Å². The molecule has 5 heterocycles. The molecule has 0 aromatic heterocycles. The van der Waals surface area contributed by atoms with E-state index < -0.39 is 258 Å². The van der Waals surface area contributed by atoms with Gasteiger partial charge >= 0.3 is 266 Å². The Morgan fingerprint density at radius 3 is 0.718 bits per heavy atom. The average molecular weight is 1730 g/mol. The molecule has 5 fully saturated rings. The minimum atomic E-state index is -6.52. The van der Waals surface area contributed by atoms with E-state index in [1.54, 1.807) is 0 Å². The molecule has 0 spiro atoms. The van der Waals surface area contributed by atoms with Gasteiger partial charge in [0.25, 0.3) is 0 Å². The molecular formula is C38H55Na9O49S7. The smallest absolute Gasteiger partial charge is 0.726 e. The quantitative estimate of drug-likeness (QED) is 0.0323. The van der Waals surface area contributed by atoms with Crippen LogP contribution in [0.25, 0.3) is 0 Å². The van der Waals surface area contributed by atoms with Crippen LogP contribution >= 0.6 is 0 Å². The summed E-state index contributed by atoms with van der Waals surface area (Å²) in [6.07, 6.45) is -61.9. The van der Waals surface area contributed by atoms with Crippen molar-refractivity contribution >= 4 is 84.7 Å².